The lowest BCUT2D eigenvalue weighted by Gasteiger charge is -2.28. The lowest BCUT2D eigenvalue weighted by Crippen LogP contribution is -2.45. The third kappa shape index (κ3) is 6.73. The van der Waals surface area contributed by atoms with Crippen molar-refractivity contribution in [2.24, 2.45) is 0 Å². The number of anilines is 1. The first kappa shape index (κ1) is 26.8. The number of hydrogen-bond acceptors (Lipinski definition) is 2. The molecule has 1 heterocycles. The van der Waals surface area contributed by atoms with Gasteiger partial charge in [-0.3, -0.25) is 4.79 Å². The van der Waals surface area contributed by atoms with Gasteiger partial charge in [-0.15, -0.1) is 0 Å². The number of fused-ring (bicyclic) bond motifs is 1. The second-order valence-corrected chi connectivity index (χ2v) is 9.03. The molecule has 3 aromatic carbocycles. The zero-order valence-electron chi connectivity index (χ0n) is 21.0. The minimum absolute atomic E-state index is 0.174. The minimum atomic E-state index is -0.905. The van der Waals surface area contributed by atoms with Gasteiger partial charge in [0.1, 0.15) is 24.0 Å². The summed E-state index contributed by atoms with van der Waals surface area (Å²) in [6, 6.07) is 16.0. The Balaban J connectivity index is 1.50. The van der Waals surface area contributed by atoms with Gasteiger partial charge >= 0.3 is 6.03 Å². The van der Waals surface area contributed by atoms with Crippen LogP contribution in [0, 0.1) is 17.5 Å². The molecule has 0 fully saturated rings. The SMILES string of the molecule is CCCN(CC(=O)N(CCc1c[nH]c2ccccc12)Cc1ccc(F)cc1)C(=O)Nc1ccc(F)cc1F. The summed E-state index contributed by atoms with van der Waals surface area (Å²) in [4.78, 5) is 32.6. The van der Waals surface area contributed by atoms with E-state index in [9.17, 15) is 22.8 Å². The molecule has 1 aromatic heterocycles. The van der Waals surface area contributed by atoms with Crippen molar-refractivity contribution in [3.8, 4) is 0 Å². The highest BCUT2D eigenvalue weighted by molar-refractivity contribution is 5.92. The Labute approximate surface area is 219 Å². The molecule has 3 amide bonds. The molecule has 2 N–H and O–H groups in total. The summed E-state index contributed by atoms with van der Waals surface area (Å²) in [7, 11) is 0. The summed E-state index contributed by atoms with van der Waals surface area (Å²) < 4.78 is 40.8. The molecule has 0 bridgehead atoms. The van der Waals surface area contributed by atoms with E-state index < -0.39 is 17.7 Å². The maximum atomic E-state index is 14.1. The van der Waals surface area contributed by atoms with Gasteiger partial charge in [0.2, 0.25) is 5.91 Å². The van der Waals surface area contributed by atoms with Crippen LogP contribution in [0.1, 0.15) is 24.5 Å². The number of hydrogen-bond donors (Lipinski definition) is 2. The number of urea groups is 1. The first-order valence-electron chi connectivity index (χ1n) is 12.4. The maximum Gasteiger partial charge on any atom is 0.322 e. The number of aromatic amines is 1. The molecule has 38 heavy (non-hydrogen) atoms. The van der Waals surface area contributed by atoms with Crippen molar-refractivity contribution in [3.63, 3.8) is 0 Å². The van der Waals surface area contributed by atoms with Crippen LogP contribution in [0.5, 0.6) is 0 Å². The Morgan fingerprint density at radius 3 is 2.37 bits per heavy atom. The van der Waals surface area contributed by atoms with Crippen molar-refractivity contribution in [1.29, 1.82) is 0 Å². The van der Waals surface area contributed by atoms with E-state index >= 15 is 0 Å². The summed E-state index contributed by atoms with van der Waals surface area (Å²) in [5, 5.41) is 3.49. The number of rotatable bonds is 10. The molecule has 0 aliphatic heterocycles. The van der Waals surface area contributed by atoms with Crippen LogP contribution in [0.3, 0.4) is 0 Å². The topological polar surface area (TPSA) is 68.4 Å². The highest BCUT2D eigenvalue weighted by Gasteiger charge is 2.22. The average molecular weight is 523 g/mol. The van der Waals surface area contributed by atoms with E-state index in [1.54, 1.807) is 17.0 Å². The van der Waals surface area contributed by atoms with E-state index in [1.165, 1.54) is 17.0 Å². The van der Waals surface area contributed by atoms with E-state index in [1.807, 2.05) is 37.4 Å². The van der Waals surface area contributed by atoms with Crippen molar-refractivity contribution in [2.45, 2.75) is 26.3 Å². The highest BCUT2D eigenvalue weighted by Crippen LogP contribution is 2.20. The van der Waals surface area contributed by atoms with Gasteiger partial charge in [0, 0.05) is 42.8 Å². The molecule has 0 saturated carbocycles. The number of halogens is 3. The van der Waals surface area contributed by atoms with Crippen LogP contribution in [-0.4, -0.2) is 46.4 Å². The molecule has 0 spiro atoms. The predicted molar refractivity (Wildman–Crippen MR) is 141 cm³/mol. The minimum Gasteiger partial charge on any atom is -0.361 e. The van der Waals surface area contributed by atoms with Crippen LogP contribution in [0.2, 0.25) is 0 Å². The zero-order chi connectivity index (χ0) is 27.1. The normalized spacial score (nSPS) is 10.9. The van der Waals surface area contributed by atoms with Gasteiger partial charge in [0.15, 0.2) is 0 Å². The number of H-pyrrole nitrogens is 1. The number of para-hydroxylation sites is 1. The molecule has 0 aliphatic rings. The average Bonchev–Trinajstić information content (AvgIpc) is 3.32. The third-order valence-electron chi connectivity index (χ3n) is 6.24. The van der Waals surface area contributed by atoms with Crippen molar-refractivity contribution in [3.05, 3.63) is 102 Å². The van der Waals surface area contributed by atoms with Crippen molar-refractivity contribution < 1.29 is 22.8 Å². The van der Waals surface area contributed by atoms with E-state index in [2.05, 4.69) is 10.3 Å². The highest BCUT2D eigenvalue weighted by atomic mass is 19.1. The number of carbonyl (C=O) groups is 2. The summed E-state index contributed by atoms with van der Waals surface area (Å²) in [6.07, 6.45) is 3.05. The first-order valence-corrected chi connectivity index (χ1v) is 12.4. The Morgan fingerprint density at radius 2 is 1.63 bits per heavy atom. The number of carbonyl (C=O) groups excluding carboxylic acids is 2. The van der Waals surface area contributed by atoms with Crippen molar-refractivity contribution in [1.82, 2.24) is 14.8 Å². The number of aromatic nitrogens is 1. The molecule has 6 nitrogen and oxygen atoms in total. The van der Waals surface area contributed by atoms with Crippen molar-refractivity contribution in [2.75, 3.05) is 25.0 Å². The molecule has 4 rings (SSSR count). The van der Waals surface area contributed by atoms with Gasteiger partial charge in [-0.1, -0.05) is 37.3 Å². The van der Waals surface area contributed by atoms with Gasteiger partial charge in [-0.25, -0.2) is 18.0 Å². The second-order valence-electron chi connectivity index (χ2n) is 9.03. The standard InChI is InChI=1S/C29H29F3N4O2/c1-2-14-36(29(38)34-27-12-11-23(31)16-25(27)32)19-28(37)35(18-20-7-9-22(30)10-8-20)15-13-21-17-33-26-6-4-3-5-24(21)26/h3-12,16-17,33H,2,13-15,18-19H2,1H3,(H,34,38). The summed E-state index contributed by atoms with van der Waals surface area (Å²) in [5.41, 5.74) is 2.62. The Kier molecular flexibility index (Phi) is 8.68. The van der Waals surface area contributed by atoms with Crippen molar-refractivity contribution >= 4 is 28.5 Å². The monoisotopic (exact) mass is 522 g/mol. The lowest BCUT2D eigenvalue weighted by atomic mass is 10.1. The number of nitrogens with one attached hydrogen (secondary N) is 2. The third-order valence-corrected chi connectivity index (χ3v) is 6.24. The molecule has 0 radical (unpaired) electrons. The smallest absolute Gasteiger partial charge is 0.322 e. The number of amides is 3. The van der Waals surface area contributed by atoms with Gasteiger partial charge in [0.05, 0.1) is 5.69 Å². The summed E-state index contributed by atoms with van der Waals surface area (Å²) >= 11 is 0. The largest absolute Gasteiger partial charge is 0.361 e. The molecular weight excluding hydrogens is 493 g/mol. The molecule has 198 valence electrons. The molecule has 0 atom stereocenters. The second kappa shape index (κ2) is 12.3. The Morgan fingerprint density at radius 1 is 0.895 bits per heavy atom. The van der Waals surface area contributed by atoms with Crippen LogP contribution in [0.25, 0.3) is 10.9 Å². The first-order chi connectivity index (χ1) is 18.3. The fourth-order valence-corrected chi connectivity index (χ4v) is 4.27. The van der Waals surface area contributed by atoms with Crippen LogP contribution >= 0.6 is 0 Å². The van der Waals surface area contributed by atoms with Gasteiger partial charge < -0.3 is 20.1 Å². The molecular formula is C29H29F3N4O2. The van der Waals surface area contributed by atoms with Crippen LogP contribution in [0.4, 0.5) is 23.7 Å². The van der Waals surface area contributed by atoms with Crippen LogP contribution in [-0.2, 0) is 17.8 Å². The number of benzene rings is 3. The zero-order valence-corrected chi connectivity index (χ0v) is 21.0. The summed E-state index contributed by atoms with van der Waals surface area (Å²) in [6.45, 7) is 2.48. The molecule has 4 aromatic rings. The quantitative estimate of drug-likeness (QED) is 0.264. The Hall–Kier alpha value is -4.27. The van der Waals surface area contributed by atoms with E-state index in [0.717, 1.165) is 34.2 Å². The van der Waals surface area contributed by atoms with Gasteiger partial charge in [0.25, 0.3) is 0 Å². The molecule has 0 aliphatic carbocycles. The van der Waals surface area contributed by atoms with E-state index in [4.69, 9.17) is 0 Å². The van der Waals surface area contributed by atoms with Crippen LogP contribution in [0.15, 0.2) is 72.9 Å². The van der Waals surface area contributed by atoms with Crippen LogP contribution < -0.4 is 5.32 Å². The fraction of sp³-hybridized carbons (Fsp3) is 0.241. The lowest BCUT2D eigenvalue weighted by molar-refractivity contribution is -0.132. The van der Waals surface area contributed by atoms with Gasteiger partial charge in [-0.05, 0) is 54.3 Å². The number of nitrogens with zero attached hydrogens (tertiary/aromatic N) is 2. The van der Waals surface area contributed by atoms with E-state index in [0.29, 0.717) is 25.5 Å². The summed E-state index contributed by atoms with van der Waals surface area (Å²) in [5.74, 6) is -2.34. The fourth-order valence-electron chi connectivity index (χ4n) is 4.27. The molecule has 0 saturated heterocycles. The predicted octanol–water partition coefficient (Wildman–Crippen LogP) is 6.10. The molecule has 9 heteroatoms. The molecule has 0 unspecified atom stereocenters. The Bertz CT molecular complexity index is 1400. The van der Waals surface area contributed by atoms with E-state index in [-0.39, 0.29) is 37.0 Å². The van der Waals surface area contributed by atoms with Gasteiger partial charge in [-0.2, -0.15) is 0 Å². The maximum absolute atomic E-state index is 14.1.